The smallest absolute Gasteiger partial charge is 0.330 e. The number of carbonyl (C=O) groups excluding carboxylic acids is 2. The first-order chi connectivity index (χ1) is 26.9. The van der Waals surface area contributed by atoms with Crippen LogP contribution in [0.4, 0.5) is 38.5 Å². The van der Waals surface area contributed by atoms with Crippen molar-refractivity contribution in [3.63, 3.8) is 0 Å². The monoisotopic (exact) mass is 774 g/mol. The Morgan fingerprint density at radius 2 is 1.20 bits per heavy atom. The number of aromatic nitrogens is 4. The predicted octanol–water partition coefficient (Wildman–Crippen LogP) is 6.20. The molecule has 1 N–H and O–H groups in total. The highest BCUT2D eigenvalue weighted by molar-refractivity contribution is 7.90. The largest absolute Gasteiger partial charge is 0.351 e. The summed E-state index contributed by atoms with van der Waals surface area (Å²) in [5.74, 6) is 1.61. The first-order valence-corrected chi connectivity index (χ1v) is 20.4. The topological polar surface area (TPSA) is 148 Å². The van der Waals surface area contributed by atoms with Crippen molar-refractivity contribution >= 4 is 50.9 Å². The average molecular weight is 775 g/mol. The van der Waals surface area contributed by atoms with Gasteiger partial charge in [-0.15, -0.1) is 0 Å². The standard InChI is InChI=1S/C26H30N6O.C15H16N4O3S/c1-19-8-6-7-11-23(19)32-18-21-16-27-25(29-24(21)30(2)26(32)33)28-22-12-14-31(15-13-22)17-20-9-4-3-5-10-20;1-10-6-4-5-7-12(10)19-9-11-8-16-14(23(3,21)22)17-13(11)18(2)15(19)20/h3-11,16,22H,12-15,17-18H2,1-2H3,(H,27,28,29);4-8H,9H2,1-3H3. The number of sulfone groups is 1. The Morgan fingerprint density at radius 1 is 0.696 bits per heavy atom. The number of likely N-dealkylation sites (tertiary alicyclic amines) is 1. The average Bonchev–Trinajstić information content (AvgIpc) is 3.19. The summed E-state index contributed by atoms with van der Waals surface area (Å²) in [6.07, 6.45) is 6.45. The number of amides is 4. The van der Waals surface area contributed by atoms with Crippen molar-refractivity contribution in [3.05, 3.63) is 119 Å². The van der Waals surface area contributed by atoms with Crippen molar-refractivity contribution in [2.45, 2.75) is 57.5 Å². The van der Waals surface area contributed by atoms with E-state index >= 15 is 0 Å². The molecule has 5 aromatic rings. The van der Waals surface area contributed by atoms with Gasteiger partial charge in [0, 0.05) is 80.9 Å². The molecule has 56 heavy (non-hydrogen) atoms. The number of aryl methyl sites for hydroxylation is 2. The van der Waals surface area contributed by atoms with Crippen molar-refractivity contribution in [1.82, 2.24) is 24.8 Å². The lowest BCUT2D eigenvalue weighted by Crippen LogP contribution is -2.46. The van der Waals surface area contributed by atoms with Gasteiger partial charge in [-0.25, -0.2) is 33.0 Å². The molecule has 0 saturated carbocycles. The van der Waals surface area contributed by atoms with Crippen molar-refractivity contribution in [2.24, 2.45) is 0 Å². The van der Waals surface area contributed by atoms with Crippen LogP contribution in [-0.4, -0.2) is 84.8 Å². The van der Waals surface area contributed by atoms with Gasteiger partial charge in [-0.05, 0) is 55.5 Å². The fourth-order valence-corrected chi connectivity index (χ4v) is 7.72. The van der Waals surface area contributed by atoms with Crippen molar-refractivity contribution in [3.8, 4) is 0 Å². The Bertz CT molecular complexity index is 2350. The Morgan fingerprint density at radius 3 is 1.73 bits per heavy atom. The van der Waals surface area contributed by atoms with Crippen LogP contribution >= 0.6 is 0 Å². The third-order valence-corrected chi connectivity index (χ3v) is 11.2. The van der Waals surface area contributed by atoms with Gasteiger partial charge in [0.15, 0.2) is 0 Å². The van der Waals surface area contributed by atoms with E-state index in [4.69, 9.17) is 4.98 Å². The Balaban J connectivity index is 0.000000183. The molecule has 5 heterocycles. The van der Waals surface area contributed by atoms with E-state index in [0.717, 1.165) is 66.8 Å². The molecule has 0 bridgehead atoms. The number of anilines is 5. The van der Waals surface area contributed by atoms with E-state index in [1.165, 1.54) is 16.7 Å². The minimum absolute atomic E-state index is 0.0735. The van der Waals surface area contributed by atoms with Gasteiger partial charge in [-0.3, -0.25) is 24.5 Å². The summed E-state index contributed by atoms with van der Waals surface area (Å²) in [4.78, 5) is 51.9. The van der Waals surface area contributed by atoms with Crippen LogP contribution in [0.2, 0.25) is 0 Å². The van der Waals surface area contributed by atoms with E-state index in [9.17, 15) is 18.0 Å². The van der Waals surface area contributed by atoms with Crippen LogP contribution in [0.25, 0.3) is 0 Å². The van der Waals surface area contributed by atoms with E-state index in [2.05, 4.69) is 55.5 Å². The molecule has 0 unspecified atom stereocenters. The molecule has 0 atom stereocenters. The maximum absolute atomic E-state index is 13.1. The summed E-state index contributed by atoms with van der Waals surface area (Å²) in [5.41, 5.74) is 6.78. The maximum Gasteiger partial charge on any atom is 0.330 e. The number of carbonyl (C=O) groups is 2. The lowest BCUT2D eigenvalue weighted by atomic mass is 10.0. The second kappa shape index (κ2) is 16.0. The first-order valence-electron chi connectivity index (χ1n) is 18.5. The van der Waals surface area contributed by atoms with Gasteiger partial charge in [0.25, 0.3) is 0 Å². The summed E-state index contributed by atoms with van der Waals surface area (Å²) in [7, 11) is -0.167. The number of urea groups is 2. The van der Waals surface area contributed by atoms with Crippen LogP contribution < -0.4 is 24.9 Å². The highest BCUT2D eigenvalue weighted by Gasteiger charge is 2.33. The second-order valence-corrected chi connectivity index (χ2v) is 16.3. The van der Waals surface area contributed by atoms with Crippen molar-refractivity contribution in [2.75, 3.05) is 58.4 Å². The molecular weight excluding hydrogens is 729 g/mol. The summed E-state index contributed by atoms with van der Waals surface area (Å²) in [5, 5.41) is 3.22. The summed E-state index contributed by atoms with van der Waals surface area (Å²) in [6.45, 7) is 7.80. The normalized spacial score (nSPS) is 16.2. The fraction of sp³-hybridized carbons (Fsp3) is 0.317. The molecule has 0 spiro atoms. The molecule has 290 valence electrons. The summed E-state index contributed by atoms with van der Waals surface area (Å²) in [6, 6.07) is 26.1. The minimum Gasteiger partial charge on any atom is -0.351 e. The fourth-order valence-electron chi connectivity index (χ4n) is 7.22. The number of hydrogen-bond acceptors (Lipinski definition) is 10. The highest BCUT2D eigenvalue weighted by Crippen LogP contribution is 2.33. The molecule has 14 nitrogen and oxygen atoms in total. The van der Waals surface area contributed by atoms with Gasteiger partial charge >= 0.3 is 12.1 Å². The van der Waals surface area contributed by atoms with Gasteiger partial charge in [-0.1, -0.05) is 66.7 Å². The molecule has 3 aliphatic heterocycles. The SMILES string of the molecule is Cc1ccccc1N1Cc2cnc(NC3CCN(Cc4ccccc4)CC3)nc2N(C)C1=O.Cc1ccccc1N1Cc2cnc(S(C)(=O)=O)nc2N(C)C1=O. The number of nitrogens with zero attached hydrogens (tertiary/aromatic N) is 9. The van der Waals surface area contributed by atoms with E-state index in [-0.39, 0.29) is 17.2 Å². The van der Waals surface area contributed by atoms with E-state index < -0.39 is 9.84 Å². The molecule has 3 aromatic carbocycles. The maximum atomic E-state index is 13.1. The Kier molecular flexibility index (Phi) is 11.0. The summed E-state index contributed by atoms with van der Waals surface area (Å²) < 4.78 is 23.2. The number of benzene rings is 3. The zero-order valence-corrected chi connectivity index (χ0v) is 33.1. The van der Waals surface area contributed by atoms with Crippen LogP contribution in [0, 0.1) is 13.8 Å². The van der Waals surface area contributed by atoms with Crippen LogP contribution in [0.5, 0.6) is 0 Å². The highest BCUT2D eigenvalue weighted by atomic mass is 32.2. The molecule has 15 heteroatoms. The van der Waals surface area contributed by atoms with Gasteiger partial charge < -0.3 is 5.32 Å². The third kappa shape index (κ3) is 8.19. The van der Waals surface area contributed by atoms with E-state index in [1.807, 2.05) is 68.6 Å². The molecule has 3 aliphatic rings. The lowest BCUT2D eigenvalue weighted by molar-refractivity contribution is 0.211. The van der Waals surface area contributed by atoms with Gasteiger partial charge in [0.1, 0.15) is 11.6 Å². The van der Waals surface area contributed by atoms with Crippen LogP contribution in [0.15, 0.2) is 96.4 Å². The number of hydrogen-bond donors (Lipinski definition) is 1. The van der Waals surface area contributed by atoms with E-state index in [1.54, 1.807) is 28.8 Å². The molecule has 0 radical (unpaired) electrons. The molecule has 4 amide bonds. The molecule has 8 rings (SSSR count). The second-order valence-electron chi connectivity index (χ2n) is 14.4. The quantitative estimate of drug-likeness (QED) is 0.190. The number of rotatable bonds is 7. The summed E-state index contributed by atoms with van der Waals surface area (Å²) >= 11 is 0. The number of para-hydroxylation sites is 2. The van der Waals surface area contributed by atoms with Crippen LogP contribution in [-0.2, 0) is 29.5 Å². The third-order valence-electron chi connectivity index (χ3n) is 10.3. The predicted molar refractivity (Wildman–Crippen MR) is 218 cm³/mol. The molecular formula is C41H46N10O4S. The first kappa shape index (κ1) is 38.3. The van der Waals surface area contributed by atoms with Crippen LogP contribution in [0.3, 0.4) is 0 Å². The molecule has 1 fully saturated rings. The lowest BCUT2D eigenvalue weighted by Gasteiger charge is -2.35. The van der Waals surface area contributed by atoms with Crippen molar-refractivity contribution < 1.29 is 18.0 Å². The molecule has 1 saturated heterocycles. The number of piperidine rings is 1. The van der Waals surface area contributed by atoms with Gasteiger partial charge in [0.05, 0.1) is 13.1 Å². The molecule has 2 aromatic heterocycles. The van der Waals surface area contributed by atoms with Gasteiger partial charge in [-0.2, -0.15) is 4.98 Å². The minimum atomic E-state index is -3.52. The number of fused-ring (bicyclic) bond motifs is 2. The number of nitrogens with one attached hydrogen (secondary N) is 1. The Hall–Kier alpha value is -5.93. The van der Waals surface area contributed by atoms with E-state index in [0.29, 0.717) is 42.3 Å². The molecule has 0 aliphatic carbocycles. The zero-order chi connectivity index (χ0) is 39.6. The van der Waals surface area contributed by atoms with Crippen molar-refractivity contribution in [1.29, 1.82) is 0 Å². The zero-order valence-electron chi connectivity index (χ0n) is 32.3. The van der Waals surface area contributed by atoms with Crippen LogP contribution in [0.1, 0.15) is 40.7 Å². The van der Waals surface area contributed by atoms with Gasteiger partial charge in [0.2, 0.25) is 20.9 Å². The Labute approximate surface area is 327 Å².